The third-order valence-electron chi connectivity index (χ3n) is 3.24. The Morgan fingerprint density at radius 1 is 1.08 bits per heavy atom. The third kappa shape index (κ3) is 5.08. The third-order valence-corrected chi connectivity index (χ3v) is 3.24. The average Bonchev–Trinajstić information content (AvgIpc) is 2.56. The van der Waals surface area contributed by atoms with Crippen molar-refractivity contribution in [2.75, 3.05) is 18.5 Å². The largest absolute Gasteiger partial charge is 0.494 e. The second-order valence-corrected chi connectivity index (χ2v) is 5.01. The van der Waals surface area contributed by atoms with Gasteiger partial charge >= 0.3 is 11.8 Å². The zero-order valence-corrected chi connectivity index (χ0v) is 13.3. The minimum atomic E-state index is -0.835. The highest BCUT2D eigenvalue weighted by Crippen LogP contribution is 2.18. The molecule has 126 valence electrons. The summed E-state index contributed by atoms with van der Waals surface area (Å²) in [6.07, 6.45) is 0.537. The van der Waals surface area contributed by atoms with Gasteiger partial charge in [0.15, 0.2) is 0 Å². The van der Waals surface area contributed by atoms with Crippen molar-refractivity contribution in [3.63, 3.8) is 0 Å². The number of ether oxygens (including phenoxy) is 1. The number of anilines is 1. The van der Waals surface area contributed by atoms with Crippen LogP contribution in [0.15, 0.2) is 48.5 Å². The molecule has 2 aromatic carbocycles. The highest BCUT2D eigenvalue weighted by molar-refractivity contribution is 6.39. The van der Waals surface area contributed by atoms with Gasteiger partial charge in [0, 0.05) is 12.2 Å². The van der Waals surface area contributed by atoms with Gasteiger partial charge in [0.05, 0.1) is 6.61 Å². The lowest BCUT2D eigenvalue weighted by atomic mass is 10.1. The summed E-state index contributed by atoms with van der Waals surface area (Å²) in [7, 11) is 0. The second kappa shape index (κ2) is 8.67. The van der Waals surface area contributed by atoms with Crippen molar-refractivity contribution >= 4 is 17.5 Å². The molecule has 0 saturated heterocycles. The van der Waals surface area contributed by atoms with Crippen LogP contribution < -0.4 is 15.4 Å². The van der Waals surface area contributed by atoms with Gasteiger partial charge in [-0.2, -0.15) is 0 Å². The summed E-state index contributed by atoms with van der Waals surface area (Å²) < 4.78 is 18.6. The Morgan fingerprint density at radius 2 is 1.88 bits per heavy atom. The molecule has 0 spiro atoms. The molecule has 2 N–H and O–H groups in total. The molecule has 0 aromatic heterocycles. The number of benzene rings is 2. The van der Waals surface area contributed by atoms with Crippen LogP contribution in [0, 0.1) is 5.82 Å². The molecule has 0 aliphatic rings. The predicted octanol–water partition coefficient (Wildman–Crippen LogP) is 2.52. The summed E-state index contributed by atoms with van der Waals surface area (Å²) in [6, 6.07) is 12.9. The molecule has 2 amide bonds. The van der Waals surface area contributed by atoms with Gasteiger partial charge in [-0.05, 0) is 43.2 Å². The number of para-hydroxylation sites is 1. The normalized spacial score (nSPS) is 10.1. The van der Waals surface area contributed by atoms with Crippen LogP contribution in [0.5, 0.6) is 5.75 Å². The van der Waals surface area contributed by atoms with E-state index in [1.54, 1.807) is 0 Å². The predicted molar refractivity (Wildman–Crippen MR) is 89.4 cm³/mol. The molecule has 0 fully saturated rings. The topological polar surface area (TPSA) is 67.4 Å². The van der Waals surface area contributed by atoms with Crippen molar-refractivity contribution in [3.8, 4) is 5.75 Å². The number of hydrogen-bond donors (Lipinski definition) is 2. The Labute approximate surface area is 139 Å². The molecule has 6 heteroatoms. The van der Waals surface area contributed by atoms with E-state index in [1.165, 1.54) is 18.2 Å². The molecule has 0 bridgehead atoms. The van der Waals surface area contributed by atoms with E-state index in [0.29, 0.717) is 19.6 Å². The number of halogens is 1. The molecule has 0 aliphatic carbocycles. The monoisotopic (exact) mass is 330 g/mol. The first-order valence-electron chi connectivity index (χ1n) is 7.65. The molecular weight excluding hydrogens is 311 g/mol. The van der Waals surface area contributed by atoms with Gasteiger partial charge in [-0.15, -0.1) is 0 Å². The zero-order valence-electron chi connectivity index (χ0n) is 13.3. The number of nitrogens with one attached hydrogen (secondary N) is 2. The minimum Gasteiger partial charge on any atom is -0.494 e. The van der Waals surface area contributed by atoms with Gasteiger partial charge in [-0.3, -0.25) is 9.59 Å². The Balaban J connectivity index is 1.84. The fraction of sp³-hybridized carbons (Fsp3) is 0.222. The fourth-order valence-electron chi connectivity index (χ4n) is 2.15. The maximum absolute atomic E-state index is 13.0. The molecular formula is C18H19FN2O3. The number of amides is 2. The lowest BCUT2D eigenvalue weighted by Crippen LogP contribution is -2.36. The second-order valence-electron chi connectivity index (χ2n) is 5.01. The van der Waals surface area contributed by atoms with E-state index in [9.17, 15) is 14.0 Å². The summed E-state index contributed by atoms with van der Waals surface area (Å²) >= 11 is 0. The Hall–Kier alpha value is -2.89. The van der Waals surface area contributed by atoms with E-state index in [-0.39, 0.29) is 5.69 Å². The van der Waals surface area contributed by atoms with Crippen LogP contribution in [0.1, 0.15) is 12.5 Å². The van der Waals surface area contributed by atoms with Crippen LogP contribution in [-0.2, 0) is 16.0 Å². The maximum Gasteiger partial charge on any atom is 0.313 e. The summed E-state index contributed by atoms with van der Waals surface area (Å²) in [5.41, 5.74) is 1.18. The Bertz CT molecular complexity index is 719. The molecule has 24 heavy (non-hydrogen) atoms. The molecule has 2 aromatic rings. The zero-order chi connectivity index (χ0) is 17.4. The molecule has 5 nitrogen and oxygen atoms in total. The molecule has 0 atom stereocenters. The molecule has 0 unspecified atom stereocenters. The Kier molecular flexibility index (Phi) is 6.31. The van der Waals surface area contributed by atoms with Gasteiger partial charge in [-0.25, -0.2) is 4.39 Å². The van der Waals surface area contributed by atoms with E-state index < -0.39 is 17.6 Å². The van der Waals surface area contributed by atoms with Crippen LogP contribution >= 0.6 is 0 Å². The van der Waals surface area contributed by atoms with Crippen molar-refractivity contribution in [1.82, 2.24) is 5.32 Å². The van der Waals surface area contributed by atoms with Crippen LogP contribution in [0.3, 0.4) is 0 Å². The Morgan fingerprint density at radius 3 is 2.62 bits per heavy atom. The summed E-state index contributed by atoms with van der Waals surface area (Å²) in [6.45, 7) is 2.74. The molecule has 0 aliphatic heterocycles. The molecule has 2 rings (SSSR count). The number of hydrogen-bond acceptors (Lipinski definition) is 3. The van der Waals surface area contributed by atoms with E-state index in [4.69, 9.17) is 4.74 Å². The molecule has 0 radical (unpaired) electrons. The maximum atomic E-state index is 13.0. The van der Waals surface area contributed by atoms with Crippen molar-refractivity contribution in [3.05, 3.63) is 59.9 Å². The first-order chi connectivity index (χ1) is 11.6. The van der Waals surface area contributed by atoms with Gasteiger partial charge in [0.2, 0.25) is 0 Å². The van der Waals surface area contributed by atoms with E-state index in [2.05, 4.69) is 10.6 Å². The van der Waals surface area contributed by atoms with Crippen molar-refractivity contribution in [2.24, 2.45) is 0 Å². The first kappa shape index (κ1) is 17.5. The lowest BCUT2D eigenvalue weighted by molar-refractivity contribution is -0.136. The lowest BCUT2D eigenvalue weighted by Gasteiger charge is -2.10. The van der Waals surface area contributed by atoms with Gasteiger partial charge in [0.25, 0.3) is 0 Å². The van der Waals surface area contributed by atoms with Crippen molar-refractivity contribution < 1.29 is 18.7 Å². The van der Waals surface area contributed by atoms with Gasteiger partial charge < -0.3 is 15.4 Å². The minimum absolute atomic E-state index is 0.233. The van der Waals surface area contributed by atoms with E-state index in [0.717, 1.165) is 17.4 Å². The number of carbonyl (C=O) groups excluding carboxylic acids is 2. The molecule has 0 saturated carbocycles. The van der Waals surface area contributed by atoms with Crippen LogP contribution in [0.25, 0.3) is 0 Å². The van der Waals surface area contributed by atoms with Gasteiger partial charge in [0.1, 0.15) is 11.6 Å². The van der Waals surface area contributed by atoms with Crippen LogP contribution in [0.2, 0.25) is 0 Å². The van der Waals surface area contributed by atoms with Crippen LogP contribution in [0.4, 0.5) is 10.1 Å². The van der Waals surface area contributed by atoms with Crippen molar-refractivity contribution in [1.29, 1.82) is 0 Å². The van der Waals surface area contributed by atoms with Crippen molar-refractivity contribution in [2.45, 2.75) is 13.3 Å². The first-order valence-corrected chi connectivity index (χ1v) is 7.65. The number of rotatable bonds is 6. The summed E-state index contributed by atoms with van der Waals surface area (Å²) in [5, 5.41) is 4.88. The highest BCUT2D eigenvalue weighted by atomic mass is 19.1. The SMILES string of the molecule is CCOc1ccccc1CCNC(=O)C(=O)Nc1cccc(F)c1. The highest BCUT2D eigenvalue weighted by Gasteiger charge is 2.13. The van der Waals surface area contributed by atoms with E-state index in [1.807, 2.05) is 31.2 Å². The number of carbonyl (C=O) groups is 2. The standard InChI is InChI=1S/C18H19FN2O3/c1-2-24-16-9-4-3-6-13(16)10-11-20-17(22)18(23)21-15-8-5-7-14(19)12-15/h3-9,12H,2,10-11H2,1H3,(H,20,22)(H,21,23). The molecule has 0 heterocycles. The van der Waals surface area contributed by atoms with Gasteiger partial charge in [-0.1, -0.05) is 24.3 Å². The average molecular weight is 330 g/mol. The summed E-state index contributed by atoms with van der Waals surface area (Å²) in [5.74, 6) is -1.33. The quantitative estimate of drug-likeness (QED) is 0.800. The summed E-state index contributed by atoms with van der Waals surface area (Å²) in [4.78, 5) is 23.6. The van der Waals surface area contributed by atoms with E-state index >= 15 is 0 Å². The fourth-order valence-corrected chi connectivity index (χ4v) is 2.15. The van der Waals surface area contributed by atoms with Crippen LogP contribution in [-0.4, -0.2) is 25.0 Å². The smallest absolute Gasteiger partial charge is 0.313 e.